The third-order valence-electron chi connectivity index (χ3n) is 4.20. The molecule has 7 heteroatoms. The molecule has 28 heavy (non-hydrogen) atoms. The molecule has 4 rings (SSSR count). The van der Waals surface area contributed by atoms with Crippen LogP contribution in [0.25, 0.3) is 10.8 Å². The molecule has 0 amide bonds. The van der Waals surface area contributed by atoms with Crippen LogP contribution < -0.4 is 5.63 Å². The SMILES string of the molecule is O=C(OCc1cnn(Cc2ccccc2)c1)c1cc2c(Br)cccc2c(=O)o1. The van der Waals surface area contributed by atoms with Crippen LogP contribution in [0.2, 0.25) is 0 Å². The quantitative estimate of drug-likeness (QED) is 0.437. The van der Waals surface area contributed by atoms with Gasteiger partial charge in [0.15, 0.2) is 0 Å². The average molecular weight is 439 g/mol. The zero-order valence-electron chi connectivity index (χ0n) is 14.7. The van der Waals surface area contributed by atoms with Crippen molar-refractivity contribution in [3.63, 3.8) is 0 Å². The summed E-state index contributed by atoms with van der Waals surface area (Å²) in [6.45, 7) is 0.660. The van der Waals surface area contributed by atoms with Crippen molar-refractivity contribution in [2.45, 2.75) is 13.2 Å². The topological polar surface area (TPSA) is 74.3 Å². The predicted molar refractivity (Wildman–Crippen MR) is 107 cm³/mol. The van der Waals surface area contributed by atoms with E-state index in [0.29, 0.717) is 21.8 Å². The molecule has 2 aromatic carbocycles. The normalized spacial score (nSPS) is 10.9. The number of benzene rings is 2. The summed E-state index contributed by atoms with van der Waals surface area (Å²) in [6.07, 6.45) is 3.46. The highest BCUT2D eigenvalue weighted by molar-refractivity contribution is 9.10. The largest absolute Gasteiger partial charge is 0.455 e. The van der Waals surface area contributed by atoms with Gasteiger partial charge in [-0.2, -0.15) is 5.10 Å². The van der Waals surface area contributed by atoms with Gasteiger partial charge in [-0.25, -0.2) is 9.59 Å². The molecule has 0 spiro atoms. The molecule has 0 saturated carbocycles. The van der Waals surface area contributed by atoms with Crippen LogP contribution in [0.15, 0.2) is 80.7 Å². The fourth-order valence-electron chi connectivity index (χ4n) is 2.84. The Morgan fingerprint density at radius 3 is 2.71 bits per heavy atom. The molecule has 0 atom stereocenters. The summed E-state index contributed by atoms with van der Waals surface area (Å²) in [6, 6.07) is 16.6. The number of esters is 1. The standard InChI is InChI=1S/C21H15BrN2O4/c22-18-8-4-7-16-17(18)9-19(28-20(16)25)21(26)27-13-15-10-23-24(12-15)11-14-5-2-1-3-6-14/h1-10,12H,11,13H2. The van der Waals surface area contributed by atoms with Gasteiger partial charge < -0.3 is 9.15 Å². The van der Waals surface area contributed by atoms with Crippen molar-refractivity contribution in [2.24, 2.45) is 0 Å². The van der Waals surface area contributed by atoms with Crippen LogP contribution >= 0.6 is 15.9 Å². The maximum atomic E-state index is 12.3. The lowest BCUT2D eigenvalue weighted by Gasteiger charge is -2.04. The third-order valence-corrected chi connectivity index (χ3v) is 4.89. The first-order chi connectivity index (χ1) is 13.6. The number of hydrogen-bond acceptors (Lipinski definition) is 5. The molecule has 0 bridgehead atoms. The Kier molecular flexibility index (Phi) is 5.08. The lowest BCUT2D eigenvalue weighted by molar-refractivity contribution is 0.0431. The van der Waals surface area contributed by atoms with Gasteiger partial charge in [0.05, 0.1) is 18.1 Å². The average Bonchev–Trinajstić information content (AvgIpc) is 3.15. The Morgan fingerprint density at radius 1 is 1.07 bits per heavy atom. The van der Waals surface area contributed by atoms with Gasteiger partial charge in [-0.1, -0.05) is 52.3 Å². The number of carbonyl (C=O) groups is 1. The molecule has 0 aliphatic rings. The van der Waals surface area contributed by atoms with Crippen molar-refractivity contribution < 1.29 is 13.9 Å². The highest BCUT2D eigenvalue weighted by atomic mass is 79.9. The maximum Gasteiger partial charge on any atom is 0.374 e. The number of nitrogens with zero attached hydrogens (tertiary/aromatic N) is 2. The molecule has 0 fully saturated rings. The van der Waals surface area contributed by atoms with Crippen molar-refractivity contribution >= 4 is 32.7 Å². The van der Waals surface area contributed by atoms with Gasteiger partial charge in [0.2, 0.25) is 5.76 Å². The second-order valence-corrected chi connectivity index (χ2v) is 7.06. The van der Waals surface area contributed by atoms with E-state index < -0.39 is 11.6 Å². The first-order valence-corrected chi connectivity index (χ1v) is 9.34. The van der Waals surface area contributed by atoms with E-state index >= 15 is 0 Å². The number of rotatable bonds is 5. The molecule has 140 valence electrons. The van der Waals surface area contributed by atoms with Crippen molar-refractivity contribution in [3.05, 3.63) is 98.8 Å². The van der Waals surface area contributed by atoms with Crippen LogP contribution in [0.1, 0.15) is 21.7 Å². The summed E-state index contributed by atoms with van der Waals surface area (Å²) in [5.74, 6) is -0.841. The molecule has 0 N–H and O–H groups in total. The second-order valence-electron chi connectivity index (χ2n) is 6.21. The van der Waals surface area contributed by atoms with E-state index in [1.165, 1.54) is 6.07 Å². The molecule has 2 heterocycles. The van der Waals surface area contributed by atoms with Crippen molar-refractivity contribution in [1.29, 1.82) is 0 Å². The van der Waals surface area contributed by atoms with E-state index in [4.69, 9.17) is 9.15 Å². The Morgan fingerprint density at radius 2 is 1.89 bits per heavy atom. The number of aromatic nitrogens is 2. The van der Waals surface area contributed by atoms with E-state index in [1.54, 1.807) is 29.1 Å². The first kappa shape index (κ1) is 18.2. The Balaban J connectivity index is 1.46. The molecule has 0 aliphatic heterocycles. The minimum atomic E-state index is -0.703. The zero-order valence-corrected chi connectivity index (χ0v) is 16.3. The Hall–Kier alpha value is -3.19. The second kappa shape index (κ2) is 7.82. The Labute approximate surface area is 168 Å². The summed E-state index contributed by atoms with van der Waals surface area (Å²) in [5.41, 5.74) is 1.28. The highest BCUT2D eigenvalue weighted by Crippen LogP contribution is 2.22. The van der Waals surface area contributed by atoms with Gasteiger partial charge in [0.1, 0.15) is 6.61 Å². The van der Waals surface area contributed by atoms with Gasteiger partial charge in [0.25, 0.3) is 0 Å². The van der Waals surface area contributed by atoms with Crippen LogP contribution in [0.4, 0.5) is 0 Å². The van der Waals surface area contributed by atoms with Gasteiger partial charge in [-0.15, -0.1) is 0 Å². The number of carbonyl (C=O) groups excluding carboxylic acids is 1. The smallest absolute Gasteiger partial charge is 0.374 e. The first-order valence-electron chi connectivity index (χ1n) is 8.55. The molecule has 0 saturated heterocycles. The number of ether oxygens (including phenoxy) is 1. The van der Waals surface area contributed by atoms with E-state index in [2.05, 4.69) is 21.0 Å². The number of hydrogen-bond donors (Lipinski definition) is 0. The van der Waals surface area contributed by atoms with Crippen LogP contribution in [0.5, 0.6) is 0 Å². The molecule has 4 aromatic rings. The highest BCUT2D eigenvalue weighted by Gasteiger charge is 2.15. The summed E-state index contributed by atoms with van der Waals surface area (Å²) in [5, 5.41) is 5.27. The van der Waals surface area contributed by atoms with Crippen molar-refractivity contribution in [1.82, 2.24) is 9.78 Å². The van der Waals surface area contributed by atoms with Gasteiger partial charge >= 0.3 is 11.6 Å². The molecular weight excluding hydrogens is 424 g/mol. The van der Waals surface area contributed by atoms with E-state index in [9.17, 15) is 9.59 Å². The summed E-state index contributed by atoms with van der Waals surface area (Å²) >= 11 is 3.38. The third kappa shape index (κ3) is 3.89. The number of halogens is 1. The zero-order chi connectivity index (χ0) is 19.5. The molecule has 0 unspecified atom stereocenters. The number of fused-ring (bicyclic) bond motifs is 1. The van der Waals surface area contributed by atoms with E-state index in [-0.39, 0.29) is 12.4 Å². The predicted octanol–water partition coefficient (Wildman–Crippen LogP) is 4.16. The lowest BCUT2D eigenvalue weighted by atomic mass is 10.2. The summed E-state index contributed by atoms with van der Waals surface area (Å²) in [7, 11) is 0. The fraction of sp³-hybridized carbons (Fsp3) is 0.0952. The monoisotopic (exact) mass is 438 g/mol. The summed E-state index contributed by atoms with van der Waals surface area (Å²) < 4.78 is 12.9. The van der Waals surface area contributed by atoms with Gasteiger partial charge in [-0.05, 0) is 23.8 Å². The lowest BCUT2D eigenvalue weighted by Crippen LogP contribution is -2.10. The van der Waals surface area contributed by atoms with Gasteiger partial charge in [0, 0.05) is 21.6 Å². The molecule has 0 aliphatic carbocycles. The molecule has 2 aromatic heterocycles. The fourth-order valence-corrected chi connectivity index (χ4v) is 3.32. The Bertz CT molecular complexity index is 1200. The van der Waals surface area contributed by atoms with Crippen LogP contribution in [-0.2, 0) is 17.9 Å². The molecule has 6 nitrogen and oxygen atoms in total. The van der Waals surface area contributed by atoms with Crippen LogP contribution in [0.3, 0.4) is 0 Å². The summed E-state index contributed by atoms with van der Waals surface area (Å²) in [4.78, 5) is 24.4. The maximum absolute atomic E-state index is 12.3. The van der Waals surface area contributed by atoms with Crippen LogP contribution in [0, 0.1) is 0 Å². The minimum absolute atomic E-state index is 0.0331. The molecule has 0 radical (unpaired) electrons. The van der Waals surface area contributed by atoms with Crippen LogP contribution in [-0.4, -0.2) is 15.7 Å². The van der Waals surface area contributed by atoms with Gasteiger partial charge in [-0.3, -0.25) is 4.68 Å². The van der Waals surface area contributed by atoms with E-state index in [1.807, 2.05) is 36.5 Å². The molecular formula is C21H15BrN2O4. The van der Waals surface area contributed by atoms with Crippen molar-refractivity contribution in [2.75, 3.05) is 0 Å². The van der Waals surface area contributed by atoms with E-state index in [0.717, 1.165) is 11.1 Å². The minimum Gasteiger partial charge on any atom is -0.455 e. The van der Waals surface area contributed by atoms with Crippen molar-refractivity contribution in [3.8, 4) is 0 Å².